The molecule has 0 amide bonds. The van der Waals surface area contributed by atoms with Crippen molar-refractivity contribution in [3.63, 3.8) is 0 Å². The summed E-state index contributed by atoms with van der Waals surface area (Å²) in [6, 6.07) is 7.30. The van der Waals surface area contributed by atoms with Crippen molar-refractivity contribution in [3.8, 4) is 17.0 Å². The molecule has 7 heteroatoms. The predicted molar refractivity (Wildman–Crippen MR) is 105 cm³/mol. The second-order valence-corrected chi connectivity index (χ2v) is 7.37. The van der Waals surface area contributed by atoms with Gasteiger partial charge in [0.15, 0.2) is 0 Å². The van der Waals surface area contributed by atoms with Crippen molar-refractivity contribution < 1.29 is 18.6 Å². The monoisotopic (exact) mass is 397 g/mol. The molecule has 0 saturated carbocycles. The smallest absolute Gasteiger partial charge is 0.149 e. The lowest BCUT2D eigenvalue weighted by molar-refractivity contribution is 0.0854. The summed E-state index contributed by atoms with van der Waals surface area (Å²) < 4.78 is 34.3. The average molecular weight is 397 g/mol. The molecular weight excluding hydrogens is 376 g/mol. The van der Waals surface area contributed by atoms with Gasteiger partial charge in [-0.2, -0.15) is 0 Å². The summed E-state index contributed by atoms with van der Waals surface area (Å²) in [7, 11) is 0. The number of aromatic nitrogens is 2. The summed E-state index contributed by atoms with van der Waals surface area (Å²) in [5.74, 6) is -0.915. The van der Waals surface area contributed by atoms with Gasteiger partial charge in [-0.1, -0.05) is 6.92 Å². The number of rotatable bonds is 4. The molecule has 1 aromatic carbocycles. The van der Waals surface area contributed by atoms with Crippen LogP contribution in [0.5, 0.6) is 5.75 Å². The lowest BCUT2D eigenvalue weighted by Gasteiger charge is -2.28. The molecule has 2 aromatic heterocycles. The van der Waals surface area contributed by atoms with E-state index in [0.29, 0.717) is 17.9 Å². The molecule has 2 atom stereocenters. The fourth-order valence-corrected chi connectivity index (χ4v) is 3.60. The van der Waals surface area contributed by atoms with Gasteiger partial charge in [0.05, 0.1) is 12.3 Å². The van der Waals surface area contributed by atoms with E-state index < -0.39 is 17.2 Å². The average Bonchev–Trinajstić information content (AvgIpc) is 3.11. The van der Waals surface area contributed by atoms with Gasteiger partial charge in [0.25, 0.3) is 0 Å². The first-order chi connectivity index (χ1) is 13.8. The number of ether oxygens (including phenoxy) is 1. The number of halogens is 2. The third-order valence-corrected chi connectivity index (χ3v) is 5.39. The van der Waals surface area contributed by atoms with Crippen LogP contribution in [0.4, 0.5) is 8.78 Å². The number of hydrogen-bond acceptors (Lipinski definition) is 5. The number of nitrogens with zero attached hydrogens (tertiary/aromatic N) is 2. The summed E-state index contributed by atoms with van der Waals surface area (Å²) in [6.45, 7) is 3.80. The van der Waals surface area contributed by atoms with Crippen molar-refractivity contribution >= 4 is 0 Å². The molecule has 3 N–H and O–H groups in total. The van der Waals surface area contributed by atoms with Crippen molar-refractivity contribution in [2.24, 2.45) is 5.73 Å². The maximum Gasteiger partial charge on any atom is 0.149 e. The van der Waals surface area contributed by atoms with Crippen LogP contribution < -0.4 is 10.5 Å². The van der Waals surface area contributed by atoms with Crippen LogP contribution in [0.1, 0.15) is 35.2 Å². The molecule has 5 nitrogen and oxygen atoms in total. The SMILES string of the molecule is Cc1cc(-c2nc(C(O)(CN)c3ccncc3)cc3c2OCC3C)c(F)cc1F. The predicted octanol–water partition coefficient (Wildman–Crippen LogP) is 3.42. The summed E-state index contributed by atoms with van der Waals surface area (Å²) in [5, 5.41) is 11.4. The van der Waals surface area contributed by atoms with Gasteiger partial charge in [0.1, 0.15) is 28.7 Å². The Kier molecular flexibility index (Phi) is 4.80. The van der Waals surface area contributed by atoms with Gasteiger partial charge in [-0.05, 0) is 42.3 Å². The minimum absolute atomic E-state index is 0.0228. The molecule has 0 radical (unpaired) electrons. The third kappa shape index (κ3) is 3.16. The number of pyridine rings is 2. The molecule has 0 saturated heterocycles. The van der Waals surface area contributed by atoms with Crippen molar-refractivity contribution in [1.29, 1.82) is 0 Å². The summed E-state index contributed by atoms with van der Waals surface area (Å²) in [4.78, 5) is 8.54. The Morgan fingerprint density at radius 1 is 1.21 bits per heavy atom. The van der Waals surface area contributed by atoms with E-state index in [1.165, 1.54) is 6.07 Å². The fourth-order valence-electron chi connectivity index (χ4n) is 3.60. The fraction of sp³-hybridized carbons (Fsp3) is 0.273. The number of benzene rings is 1. The molecule has 1 aliphatic heterocycles. The highest BCUT2D eigenvalue weighted by molar-refractivity contribution is 5.71. The number of hydrogen-bond donors (Lipinski definition) is 2. The topological polar surface area (TPSA) is 81.3 Å². The van der Waals surface area contributed by atoms with Crippen LogP contribution in [0.25, 0.3) is 11.3 Å². The Hall–Kier alpha value is -2.90. The zero-order valence-electron chi connectivity index (χ0n) is 16.1. The number of aryl methyl sites for hydroxylation is 1. The highest BCUT2D eigenvalue weighted by Crippen LogP contribution is 2.44. The van der Waals surface area contributed by atoms with E-state index in [1.54, 1.807) is 37.5 Å². The van der Waals surface area contributed by atoms with Crippen molar-refractivity contribution in [1.82, 2.24) is 9.97 Å². The molecule has 0 spiro atoms. The Bertz CT molecular complexity index is 1080. The highest BCUT2D eigenvalue weighted by Gasteiger charge is 2.36. The number of nitrogens with two attached hydrogens (primary N) is 1. The molecule has 29 heavy (non-hydrogen) atoms. The van der Waals surface area contributed by atoms with Gasteiger partial charge in [0.2, 0.25) is 0 Å². The largest absolute Gasteiger partial charge is 0.490 e. The summed E-state index contributed by atoms with van der Waals surface area (Å²) >= 11 is 0. The second kappa shape index (κ2) is 7.17. The molecule has 3 aromatic rings. The zero-order valence-corrected chi connectivity index (χ0v) is 16.1. The molecular formula is C22H21F2N3O2. The molecule has 0 aliphatic carbocycles. The lowest BCUT2D eigenvalue weighted by Crippen LogP contribution is -2.37. The highest BCUT2D eigenvalue weighted by atomic mass is 19.1. The zero-order chi connectivity index (χ0) is 20.8. The van der Waals surface area contributed by atoms with Gasteiger partial charge in [0, 0.05) is 42.0 Å². The molecule has 2 unspecified atom stereocenters. The summed E-state index contributed by atoms with van der Waals surface area (Å²) in [6.07, 6.45) is 3.11. The first kappa shape index (κ1) is 19.4. The van der Waals surface area contributed by atoms with Crippen molar-refractivity contribution in [2.75, 3.05) is 13.2 Å². The molecule has 3 heterocycles. The van der Waals surface area contributed by atoms with Crippen LogP contribution in [0.3, 0.4) is 0 Å². The third-order valence-electron chi connectivity index (χ3n) is 5.39. The Labute approximate surface area is 167 Å². The quantitative estimate of drug-likeness (QED) is 0.705. The van der Waals surface area contributed by atoms with E-state index in [-0.39, 0.29) is 35.0 Å². The molecule has 0 bridgehead atoms. The maximum atomic E-state index is 14.7. The maximum absolute atomic E-state index is 14.7. The van der Waals surface area contributed by atoms with Crippen molar-refractivity contribution in [2.45, 2.75) is 25.4 Å². The van der Waals surface area contributed by atoms with Crippen LogP contribution in [-0.2, 0) is 5.60 Å². The Balaban J connectivity index is 1.98. The van der Waals surface area contributed by atoms with Crippen LogP contribution in [0, 0.1) is 18.6 Å². The number of fused-ring (bicyclic) bond motifs is 1. The first-order valence-electron chi connectivity index (χ1n) is 9.32. The van der Waals surface area contributed by atoms with E-state index in [9.17, 15) is 13.9 Å². The molecule has 0 fully saturated rings. The molecule has 1 aliphatic rings. The Morgan fingerprint density at radius 2 is 1.93 bits per heavy atom. The van der Waals surface area contributed by atoms with Gasteiger partial charge in [-0.3, -0.25) is 4.98 Å². The van der Waals surface area contributed by atoms with E-state index in [0.717, 1.165) is 11.6 Å². The van der Waals surface area contributed by atoms with Crippen LogP contribution in [0.15, 0.2) is 42.7 Å². The Morgan fingerprint density at radius 3 is 2.62 bits per heavy atom. The minimum Gasteiger partial charge on any atom is -0.490 e. The lowest BCUT2D eigenvalue weighted by atomic mass is 9.88. The van der Waals surface area contributed by atoms with Gasteiger partial charge in [-0.25, -0.2) is 13.8 Å². The molecule has 4 rings (SSSR count). The van der Waals surface area contributed by atoms with Gasteiger partial charge < -0.3 is 15.6 Å². The normalized spacial score (nSPS) is 17.5. The summed E-state index contributed by atoms with van der Waals surface area (Å²) in [5.41, 5.74) is 6.58. The van der Waals surface area contributed by atoms with Crippen LogP contribution in [0.2, 0.25) is 0 Å². The van der Waals surface area contributed by atoms with E-state index >= 15 is 0 Å². The van der Waals surface area contributed by atoms with Crippen molar-refractivity contribution in [3.05, 3.63) is 76.7 Å². The van der Waals surface area contributed by atoms with Crippen LogP contribution >= 0.6 is 0 Å². The number of aliphatic hydroxyl groups is 1. The van der Waals surface area contributed by atoms with Gasteiger partial charge >= 0.3 is 0 Å². The standard InChI is InChI=1S/C22H21F2N3O2/c1-12-7-16(18(24)9-17(12)23)20-21-15(13(2)10-29-21)8-19(27-20)22(28,11-25)14-3-5-26-6-4-14/h3-9,13,28H,10-11,25H2,1-2H3. The van der Waals surface area contributed by atoms with Crippen LogP contribution in [-0.4, -0.2) is 28.2 Å². The molecule has 150 valence electrons. The van der Waals surface area contributed by atoms with Gasteiger partial charge in [-0.15, -0.1) is 0 Å². The van der Waals surface area contributed by atoms with E-state index in [4.69, 9.17) is 10.5 Å². The van der Waals surface area contributed by atoms with E-state index in [2.05, 4.69) is 9.97 Å². The second-order valence-electron chi connectivity index (χ2n) is 7.37. The first-order valence-corrected chi connectivity index (χ1v) is 9.32. The van der Waals surface area contributed by atoms with E-state index in [1.807, 2.05) is 6.92 Å². The minimum atomic E-state index is -1.60.